The summed E-state index contributed by atoms with van der Waals surface area (Å²) in [6.07, 6.45) is 5.97. The van der Waals surface area contributed by atoms with Crippen LogP contribution in [-0.2, 0) is 13.1 Å². The highest BCUT2D eigenvalue weighted by Gasteiger charge is 2.07. The van der Waals surface area contributed by atoms with Crippen LogP contribution in [-0.4, -0.2) is 16.1 Å². The van der Waals surface area contributed by atoms with Gasteiger partial charge in [-0.1, -0.05) is 12.1 Å². The molecule has 3 heteroatoms. The minimum absolute atomic E-state index is 0.756. The topological polar surface area (TPSA) is 29.9 Å². The Hall–Kier alpha value is -1.79. The molecule has 0 atom stereocenters. The Morgan fingerprint density at radius 2 is 2.24 bits per heavy atom. The molecule has 17 heavy (non-hydrogen) atoms. The molecule has 1 aromatic carbocycles. The molecule has 0 fully saturated rings. The minimum Gasteiger partial charge on any atom is -0.327 e. The molecule has 0 saturated carbocycles. The second-order valence-corrected chi connectivity index (χ2v) is 3.89. The highest BCUT2D eigenvalue weighted by Crippen LogP contribution is 2.15. The van der Waals surface area contributed by atoms with Crippen LogP contribution in [0.25, 0.3) is 11.0 Å². The van der Waals surface area contributed by atoms with Crippen LogP contribution in [0.4, 0.5) is 0 Å². The van der Waals surface area contributed by atoms with Gasteiger partial charge in [0, 0.05) is 19.5 Å². The summed E-state index contributed by atoms with van der Waals surface area (Å²) < 4.78 is 2.23. The van der Waals surface area contributed by atoms with Gasteiger partial charge >= 0.3 is 0 Å². The van der Waals surface area contributed by atoms with Crippen LogP contribution < -0.4 is 5.32 Å². The second-order valence-electron chi connectivity index (χ2n) is 3.89. The average Bonchev–Trinajstić information content (AvgIpc) is 2.72. The van der Waals surface area contributed by atoms with Crippen molar-refractivity contribution in [2.45, 2.75) is 26.4 Å². The Balaban J connectivity index is 2.19. The first-order valence-corrected chi connectivity index (χ1v) is 5.95. The maximum Gasteiger partial charge on any atom is 0.123 e. The number of rotatable bonds is 5. The largest absolute Gasteiger partial charge is 0.327 e. The molecule has 0 spiro atoms. The average molecular weight is 227 g/mol. The smallest absolute Gasteiger partial charge is 0.123 e. The van der Waals surface area contributed by atoms with Gasteiger partial charge in [0.2, 0.25) is 0 Å². The zero-order chi connectivity index (χ0) is 12.1. The molecule has 88 valence electrons. The quantitative estimate of drug-likeness (QED) is 0.626. The first kappa shape index (κ1) is 11.7. The Kier molecular flexibility index (Phi) is 3.79. The van der Waals surface area contributed by atoms with Gasteiger partial charge in [-0.05, 0) is 19.1 Å². The van der Waals surface area contributed by atoms with E-state index in [1.165, 1.54) is 5.52 Å². The van der Waals surface area contributed by atoms with Crippen molar-refractivity contribution in [3.05, 3.63) is 30.1 Å². The number of fused-ring (bicyclic) bond motifs is 1. The fraction of sp³-hybridized carbons (Fsp3) is 0.357. The summed E-state index contributed by atoms with van der Waals surface area (Å²) in [5, 5.41) is 3.31. The van der Waals surface area contributed by atoms with E-state index < -0.39 is 0 Å². The molecule has 0 radical (unpaired) electrons. The molecule has 0 saturated heterocycles. The Bertz CT molecular complexity index is 534. The van der Waals surface area contributed by atoms with Crippen LogP contribution in [0.1, 0.15) is 19.2 Å². The molecule has 0 bridgehead atoms. The Labute approximate surface area is 102 Å². The highest BCUT2D eigenvalue weighted by molar-refractivity contribution is 5.75. The van der Waals surface area contributed by atoms with Crippen LogP contribution in [0.2, 0.25) is 0 Å². The van der Waals surface area contributed by atoms with E-state index in [9.17, 15) is 0 Å². The standard InChI is InChI=1S/C14H17N3/c1-3-5-10-15-11-14-16-12-8-6-7-9-13(12)17(14)4-2/h1,6-9,15H,4-5,10-11H2,2H3. The minimum atomic E-state index is 0.756. The molecule has 0 aliphatic carbocycles. The number of hydrogen-bond donors (Lipinski definition) is 1. The number of aryl methyl sites for hydroxylation is 1. The SMILES string of the molecule is C#CCCNCc1nc2ccccc2n1CC. The summed E-state index contributed by atoms with van der Waals surface area (Å²) in [6, 6.07) is 8.22. The normalized spacial score (nSPS) is 10.6. The Morgan fingerprint density at radius 1 is 1.41 bits per heavy atom. The first-order valence-electron chi connectivity index (χ1n) is 5.95. The molecule has 3 nitrogen and oxygen atoms in total. The van der Waals surface area contributed by atoms with Crippen molar-refractivity contribution in [1.29, 1.82) is 0 Å². The predicted octanol–water partition coefficient (Wildman–Crippen LogP) is 2.17. The lowest BCUT2D eigenvalue weighted by atomic mass is 10.3. The lowest BCUT2D eigenvalue weighted by Crippen LogP contribution is -2.17. The second kappa shape index (κ2) is 5.51. The third-order valence-electron chi connectivity index (χ3n) is 2.78. The molecule has 1 heterocycles. The van der Waals surface area contributed by atoms with Crippen LogP contribution in [0.15, 0.2) is 24.3 Å². The zero-order valence-electron chi connectivity index (χ0n) is 10.1. The van der Waals surface area contributed by atoms with E-state index in [4.69, 9.17) is 6.42 Å². The van der Waals surface area contributed by atoms with Crippen LogP contribution in [0.5, 0.6) is 0 Å². The van der Waals surface area contributed by atoms with Gasteiger partial charge in [0.15, 0.2) is 0 Å². The summed E-state index contributed by atoms with van der Waals surface area (Å²) in [4.78, 5) is 4.63. The maximum absolute atomic E-state index is 5.21. The van der Waals surface area contributed by atoms with Crippen molar-refractivity contribution in [2.75, 3.05) is 6.54 Å². The van der Waals surface area contributed by atoms with E-state index in [2.05, 4.69) is 33.8 Å². The highest BCUT2D eigenvalue weighted by atomic mass is 15.1. The summed E-state index contributed by atoms with van der Waals surface area (Å²) in [7, 11) is 0. The monoisotopic (exact) mass is 227 g/mol. The van der Waals surface area contributed by atoms with E-state index >= 15 is 0 Å². The molecule has 2 rings (SSSR count). The van der Waals surface area contributed by atoms with Gasteiger partial charge in [0.05, 0.1) is 17.6 Å². The van der Waals surface area contributed by atoms with Gasteiger partial charge in [-0.2, -0.15) is 0 Å². The predicted molar refractivity (Wildman–Crippen MR) is 70.6 cm³/mol. The van der Waals surface area contributed by atoms with E-state index in [-0.39, 0.29) is 0 Å². The molecule has 0 aliphatic rings. The molecule has 0 unspecified atom stereocenters. The van der Waals surface area contributed by atoms with Gasteiger partial charge in [-0.3, -0.25) is 0 Å². The van der Waals surface area contributed by atoms with E-state index in [1.807, 2.05) is 18.2 Å². The van der Waals surface area contributed by atoms with Gasteiger partial charge in [-0.15, -0.1) is 12.3 Å². The molecular formula is C14H17N3. The van der Waals surface area contributed by atoms with Crippen molar-refractivity contribution in [2.24, 2.45) is 0 Å². The number of benzene rings is 1. The number of nitrogens with one attached hydrogen (secondary N) is 1. The molecular weight excluding hydrogens is 210 g/mol. The molecule has 0 amide bonds. The number of hydrogen-bond acceptors (Lipinski definition) is 2. The molecule has 2 aromatic rings. The molecule has 1 N–H and O–H groups in total. The van der Waals surface area contributed by atoms with E-state index in [0.717, 1.165) is 37.4 Å². The lowest BCUT2D eigenvalue weighted by Gasteiger charge is -2.06. The Morgan fingerprint density at radius 3 is 3.00 bits per heavy atom. The molecule has 1 aromatic heterocycles. The van der Waals surface area contributed by atoms with Crippen molar-refractivity contribution >= 4 is 11.0 Å². The third kappa shape index (κ3) is 2.48. The van der Waals surface area contributed by atoms with Crippen molar-refractivity contribution < 1.29 is 0 Å². The van der Waals surface area contributed by atoms with E-state index in [0.29, 0.717) is 0 Å². The molecule has 0 aliphatic heterocycles. The summed E-state index contributed by atoms with van der Waals surface area (Å²) in [6.45, 7) is 4.68. The number of terminal acetylenes is 1. The van der Waals surface area contributed by atoms with Crippen LogP contribution in [0, 0.1) is 12.3 Å². The number of nitrogens with zero attached hydrogens (tertiary/aromatic N) is 2. The van der Waals surface area contributed by atoms with Gasteiger partial charge in [-0.25, -0.2) is 4.98 Å². The maximum atomic E-state index is 5.21. The zero-order valence-corrected chi connectivity index (χ0v) is 10.1. The lowest BCUT2D eigenvalue weighted by molar-refractivity contribution is 0.627. The van der Waals surface area contributed by atoms with Gasteiger partial charge in [0.1, 0.15) is 5.82 Å². The van der Waals surface area contributed by atoms with Crippen LogP contribution >= 0.6 is 0 Å². The number of para-hydroxylation sites is 2. The fourth-order valence-corrected chi connectivity index (χ4v) is 1.97. The van der Waals surface area contributed by atoms with Gasteiger partial charge in [0.25, 0.3) is 0 Å². The van der Waals surface area contributed by atoms with Gasteiger partial charge < -0.3 is 9.88 Å². The summed E-state index contributed by atoms with van der Waals surface area (Å²) >= 11 is 0. The van der Waals surface area contributed by atoms with E-state index in [1.54, 1.807) is 0 Å². The third-order valence-corrected chi connectivity index (χ3v) is 2.78. The summed E-state index contributed by atoms with van der Waals surface area (Å²) in [5.74, 6) is 3.69. The van der Waals surface area contributed by atoms with Crippen molar-refractivity contribution in [3.63, 3.8) is 0 Å². The van der Waals surface area contributed by atoms with Crippen LogP contribution in [0.3, 0.4) is 0 Å². The van der Waals surface area contributed by atoms with Crippen molar-refractivity contribution in [3.8, 4) is 12.3 Å². The summed E-state index contributed by atoms with van der Waals surface area (Å²) in [5.41, 5.74) is 2.26. The number of aromatic nitrogens is 2. The van der Waals surface area contributed by atoms with Crippen molar-refractivity contribution in [1.82, 2.24) is 14.9 Å². The number of imidazole rings is 1. The fourth-order valence-electron chi connectivity index (χ4n) is 1.97. The first-order chi connectivity index (χ1) is 8.36.